The van der Waals surface area contributed by atoms with Gasteiger partial charge in [-0.05, 0) is 36.6 Å². The maximum Gasteiger partial charge on any atom is 0.361 e. The Labute approximate surface area is 214 Å². The molecule has 6 heteroatoms. The number of rotatable bonds is 7. The van der Waals surface area contributed by atoms with Gasteiger partial charge in [-0.25, -0.2) is 4.79 Å². The van der Waals surface area contributed by atoms with Crippen LogP contribution in [0.15, 0.2) is 115 Å². The van der Waals surface area contributed by atoms with Gasteiger partial charge in [-0.1, -0.05) is 97.1 Å². The molecule has 1 aliphatic heterocycles. The van der Waals surface area contributed by atoms with Crippen LogP contribution in [0.4, 0.5) is 0 Å². The van der Waals surface area contributed by atoms with Gasteiger partial charge in [0, 0.05) is 11.1 Å². The van der Waals surface area contributed by atoms with E-state index >= 15 is 0 Å². The van der Waals surface area contributed by atoms with Crippen molar-refractivity contribution < 1.29 is 19.0 Å². The molecule has 0 unspecified atom stereocenters. The first kappa shape index (κ1) is 22.6. The summed E-state index contributed by atoms with van der Waals surface area (Å²) in [7, 11) is 0. The number of aromatic nitrogens is 2. The van der Waals surface area contributed by atoms with Gasteiger partial charge in [-0.3, -0.25) is 5.10 Å². The lowest BCUT2D eigenvalue weighted by Crippen LogP contribution is -2.36. The fraction of sp³-hybridized carbons (Fsp3) is 0.0968. The van der Waals surface area contributed by atoms with Gasteiger partial charge >= 0.3 is 11.8 Å². The largest absolute Gasteiger partial charge is 0.440 e. The average molecular weight is 489 g/mol. The number of ether oxygens (including phenoxy) is 3. The molecule has 6 nitrogen and oxygen atoms in total. The molecule has 0 radical (unpaired) electrons. The first-order valence-electron chi connectivity index (χ1n) is 12.1. The molecule has 0 saturated carbocycles. The molecule has 37 heavy (non-hydrogen) atoms. The fourth-order valence-electron chi connectivity index (χ4n) is 4.46. The predicted octanol–water partition coefficient (Wildman–Crippen LogP) is 6.09. The van der Waals surface area contributed by atoms with E-state index in [0.29, 0.717) is 17.9 Å². The number of fused-ring (bicyclic) bond motifs is 1. The number of carbonyl (C=O) groups excluding carboxylic acids is 1. The van der Waals surface area contributed by atoms with Crippen LogP contribution >= 0.6 is 0 Å². The number of esters is 1. The molecule has 1 aromatic heterocycles. The Morgan fingerprint density at radius 2 is 1.41 bits per heavy atom. The number of nitrogens with zero attached hydrogens (tertiary/aromatic N) is 1. The third kappa shape index (κ3) is 4.45. The number of benzene rings is 4. The van der Waals surface area contributed by atoms with Gasteiger partial charge in [0.05, 0.1) is 5.69 Å². The van der Waals surface area contributed by atoms with E-state index < -0.39 is 11.8 Å². The van der Waals surface area contributed by atoms with Gasteiger partial charge in [-0.2, -0.15) is 5.10 Å². The molecule has 5 aromatic rings. The summed E-state index contributed by atoms with van der Waals surface area (Å²) in [6, 6.07) is 36.6. The number of hydrogen-bond donors (Lipinski definition) is 1. The number of nitrogens with one attached hydrogen (secondary N) is 1. The molecule has 4 aromatic carbocycles. The number of hydrogen-bond acceptors (Lipinski definition) is 5. The second-order valence-electron chi connectivity index (χ2n) is 8.78. The molecule has 1 N–H and O–H groups in total. The molecular formula is C31H24N2O4. The number of aromatic amines is 1. The zero-order valence-corrected chi connectivity index (χ0v) is 20.0. The maximum absolute atomic E-state index is 13.0. The van der Waals surface area contributed by atoms with Crippen LogP contribution in [0.3, 0.4) is 0 Å². The van der Waals surface area contributed by atoms with Crippen molar-refractivity contribution in [1.29, 1.82) is 0 Å². The average Bonchev–Trinajstić information content (AvgIpc) is 3.60. The van der Waals surface area contributed by atoms with Crippen LogP contribution in [-0.2, 0) is 18.6 Å². The molecule has 0 amide bonds. The van der Waals surface area contributed by atoms with E-state index in [1.54, 1.807) is 24.3 Å². The van der Waals surface area contributed by atoms with Gasteiger partial charge in [0.15, 0.2) is 11.5 Å². The van der Waals surface area contributed by atoms with Gasteiger partial charge in [0.1, 0.15) is 5.69 Å². The summed E-state index contributed by atoms with van der Waals surface area (Å²) in [5, 5.41) is 7.09. The molecule has 0 saturated heterocycles. The van der Waals surface area contributed by atoms with E-state index in [-0.39, 0.29) is 11.4 Å². The van der Waals surface area contributed by atoms with Crippen LogP contribution in [0.2, 0.25) is 0 Å². The second kappa shape index (κ2) is 9.66. The molecule has 1 aliphatic rings. The number of H-pyrrole nitrogens is 1. The smallest absolute Gasteiger partial charge is 0.361 e. The Balaban J connectivity index is 1.24. The highest BCUT2D eigenvalue weighted by Crippen LogP contribution is 2.51. The third-order valence-electron chi connectivity index (χ3n) is 6.32. The topological polar surface area (TPSA) is 73.4 Å². The molecule has 0 fully saturated rings. The van der Waals surface area contributed by atoms with E-state index in [9.17, 15) is 4.79 Å². The van der Waals surface area contributed by atoms with Crippen molar-refractivity contribution in [3.05, 3.63) is 143 Å². The number of para-hydroxylation sites is 1. The van der Waals surface area contributed by atoms with Crippen LogP contribution in [0, 0.1) is 0 Å². The van der Waals surface area contributed by atoms with Crippen LogP contribution in [0.5, 0.6) is 17.2 Å². The zero-order valence-electron chi connectivity index (χ0n) is 20.0. The van der Waals surface area contributed by atoms with Gasteiger partial charge < -0.3 is 14.2 Å². The van der Waals surface area contributed by atoms with Crippen molar-refractivity contribution in [3.8, 4) is 17.2 Å². The van der Waals surface area contributed by atoms with Crippen LogP contribution < -0.4 is 14.2 Å². The van der Waals surface area contributed by atoms with Crippen molar-refractivity contribution in [2.24, 2.45) is 0 Å². The number of aryl methyl sites for hydroxylation is 2. The maximum atomic E-state index is 13.0. The first-order chi connectivity index (χ1) is 18.2. The Morgan fingerprint density at radius 3 is 2.08 bits per heavy atom. The molecular weight excluding hydrogens is 464 g/mol. The molecule has 0 spiro atoms. The fourth-order valence-corrected chi connectivity index (χ4v) is 4.46. The zero-order chi connectivity index (χ0) is 25.1. The van der Waals surface area contributed by atoms with Crippen LogP contribution in [-0.4, -0.2) is 16.2 Å². The van der Waals surface area contributed by atoms with Crippen molar-refractivity contribution >= 4 is 5.97 Å². The first-order valence-corrected chi connectivity index (χ1v) is 12.1. The quantitative estimate of drug-likeness (QED) is 0.222. The van der Waals surface area contributed by atoms with Crippen LogP contribution in [0.1, 0.15) is 32.9 Å². The summed E-state index contributed by atoms with van der Waals surface area (Å²) in [5.41, 5.74) is 3.93. The standard InChI is InChI=1S/C31H24N2O4/c34-30(26-21-25(32-33-26)20-19-22-11-4-1-5-12-22)35-27-17-10-18-28-29(27)37-31(36-28,23-13-6-2-7-14-23)24-15-8-3-9-16-24/h1-18,21H,19-20H2,(H,32,33). The lowest BCUT2D eigenvalue weighted by Gasteiger charge is -2.28. The monoisotopic (exact) mass is 488 g/mol. The summed E-state index contributed by atoms with van der Waals surface area (Å²) < 4.78 is 18.7. The molecule has 0 bridgehead atoms. The molecule has 6 rings (SSSR count). The highest BCUT2D eigenvalue weighted by Gasteiger charge is 2.46. The Morgan fingerprint density at radius 1 is 0.757 bits per heavy atom. The summed E-state index contributed by atoms with van der Waals surface area (Å²) in [6.07, 6.45) is 1.54. The minimum Gasteiger partial charge on any atom is -0.440 e. The van der Waals surface area contributed by atoms with E-state index in [0.717, 1.165) is 23.2 Å². The summed E-state index contributed by atoms with van der Waals surface area (Å²) in [5.74, 6) is -0.617. The van der Waals surface area contributed by atoms with E-state index in [1.807, 2.05) is 78.9 Å². The summed E-state index contributed by atoms with van der Waals surface area (Å²) >= 11 is 0. The Bertz CT molecular complexity index is 1480. The lowest BCUT2D eigenvalue weighted by atomic mass is 9.97. The van der Waals surface area contributed by atoms with Crippen molar-refractivity contribution in [2.75, 3.05) is 0 Å². The van der Waals surface area contributed by atoms with Crippen LogP contribution in [0.25, 0.3) is 0 Å². The predicted molar refractivity (Wildman–Crippen MR) is 139 cm³/mol. The minimum absolute atomic E-state index is 0.275. The Hall–Kier alpha value is -4.84. The highest BCUT2D eigenvalue weighted by molar-refractivity contribution is 5.89. The van der Waals surface area contributed by atoms with E-state index in [1.165, 1.54) is 5.56 Å². The molecule has 0 atom stereocenters. The van der Waals surface area contributed by atoms with Crippen molar-refractivity contribution in [3.63, 3.8) is 0 Å². The highest BCUT2D eigenvalue weighted by atomic mass is 16.7. The Kier molecular flexibility index (Phi) is 5.91. The number of carbonyl (C=O) groups is 1. The lowest BCUT2D eigenvalue weighted by molar-refractivity contribution is -0.0467. The van der Waals surface area contributed by atoms with Crippen molar-refractivity contribution in [1.82, 2.24) is 10.2 Å². The van der Waals surface area contributed by atoms with Gasteiger partial charge in [0.25, 0.3) is 0 Å². The summed E-state index contributed by atoms with van der Waals surface area (Å²) in [6.45, 7) is 0. The third-order valence-corrected chi connectivity index (χ3v) is 6.32. The normalized spacial score (nSPS) is 13.3. The molecule has 0 aliphatic carbocycles. The van der Waals surface area contributed by atoms with E-state index in [2.05, 4.69) is 22.3 Å². The molecule has 2 heterocycles. The minimum atomic E-state index is -1.20. The summed E-state index contributed by atoms with van der Waals surface area (Å²) in [4.78, 5) is 13.0. The van der Waals surface area contributed by atoms with E-state index in [4.69, 9.17) is 14.2 Å². The van der Waals surface area contributed by atoms with Crippen molar-refractivity contribution in [2.45, 2.75) is 18.6 Å². The molecule has 182 valence electrons. The van der Waals surface area contributed by atoms with Gasteiger partial charge in [0.2, 0.25) is 5.75 Å². The SMILES string of the molecule is O=C(Oc1cccc2c1OC(c1ccccc1)(c1ccccc1)O2)c1cc(CCc2ccccc2)n[nH]1. The second-order valence-corrected chi connectivity index (χ2v) is 8.78. The van der Waals surface area contributed by atoms with Gasteiger partial charge in [-0.15, -0.1) is 0 Å².